The summed E-state index contributed by atoms with van der Waals surface area (Å²) in [7, 11) is 0. The molecular formula is C8H16N2O4S2. The lowest BCUT2D eigenvalue weighted by atomic mass is 10.2. The van der Waals surface area contributed by atoms with E-state index in [0.29, 0.717) is 12.2 Å². The minimum atomic E-state index is -1.07. The molecule has 4 N–H and O–H groups in total. The third kappa shape index (κ3) is 6.21. The van der Waals surface area contributed by atoms with Crippen molar-refractivity contribution in [3.63, 3.8) is 0 Å². The standard InChI is InChI=1S/C8H16N2O4S2/c1-16-3-2-5(7(11)12)9-10-6(4-15)8(13)14/h5-6,9-10,15H,2-4H2,1H3,(H,11,12)(H,13,14)/t5-,6-/m0/s1. The van der Waals surface area contributed by atoms with Crippen LogP contribution in [0.2, 0.25) is 0 Å². The summed E-state index contributed by atoms with van der Waals surface area (Å²) in [6, 6.07) is -1.70. The molecule has 0 spiro atoms. The number of thioether (sulfide) groups is 1. The van der Waals surface area contributed by atoms with Crippen LogP contribution < -0.4 is 10.9 Å². The van der Waals surface area contributed by atoms with Gasteiger partial charge in [0.15, 0.2) is 0 Å². The zero-order valence-electron chi connectivity index (χ0n) is 8.84. The Morgan fingerprint density at radius 1 is 1.25 bits per heavy atom. The molecule has 0 heterocycles. The van der Waals surface area contributed by atoms with Gasteiger partial charge in [-0.1, -0.05) is 0 Å². The van der Waals surface area contributed by atoms with Crippen LogP contribution in [-0.4, -0.2) is 52.0 Å². The maximum Gasteiger partial charge on any atom is 0.322 e. The van der Waals surface area contributed by atoms with Gasteiger partial charge in [-0.05, 0) is 18.4 Å². The Hall–Kier alpha value is -0.440. The molecule has 8 heteroatoms. The van der Waals surface area contributed by atoms with Gasteiger partial charge in [-0.25, -0.2) is 10.9 Å². The zero-order valence-corrected chi connectivity index (χ0v) is 10.6. The number of hydrogen-bond donors (Lipinski definition) is 5. The summed E-state index contributed by atoms with van der Waals surface area (Å²) < 4.78 is 0. The fraction of sp³-hybridized carbons (Fsp3) is 0.750. The average Bonchev–Trinajstić information content (AvgIpc) is 2.22. The van der Waals surface area contributed by atoms with Crippen molar-refractivity contribution in [1.29, 1.82) is 0 Å². The van der Waals surface area contributed by atoms with Crippen LogP contribution in [0.25, 0.3) is 0 Å². The lowest BCUT2D eigenvalue weighted by Crippen LogP contribution is -2.53. The van der Waals surface area contributed by atoms with Crippen LogP contribution in [0, 0.1) is 0 Å². The molecule has 0 saturated carbocycles. The van der Waals surface area contributed by atoms with E-state index in [1.54, 1.807) is 0 Å². The smallest absolute Gasteiger partial charge is 0.322 e. The van der Waals surface area contributed by atoms with Crippen LogP contribution in [0.4, 0.5) is 0 Å². The SMILES string of the molecule is CSCC[C@H](NN[C@@H](CS)C(=O)O)C(=O)O. The van der Waals surface area contributed by atoms with Crippen LogP contribution in [0.3, 0.4) is 0 Å². The summed E-state index contributed by atoms with van der Waals surface area (Å²) in [5, 5.41) is 17.5. The van der Waals surface area contributed by atoms with Crippen molar-refractivity contribution in [3.05, 3.63) is 0 Å². The number of rotatable bonds is 9. The topological polar surface area (TPSA) is 98.7 Å². The summed E-state index contributed by atoms with van der Waals surface area (Å²) in [4.78, 5) is 21.4. The minimum absolute atomic E-state index is 0.0806. The molecule has 0 radical (unpaired) electrons. The fourth-order valence-electron chi connectivity index (χ4n) is 0.880. The summed E-state index contributed by atoms with van der Waals surface area (Å²) >= 11 is 5.38. The molecule has 0 aliphatic rings. The molecule has 0 rings (SSSR count). The molecule has 0 aromatic heterocycles. The van der Waals surface area contributed by atoms with Crippen molar-refractivity contribution in [2.24, 2.45) is 0 Å². The van der Waals surface area contributed by atoms with Gasteiger partial charge in [-0.3, -0.25) is 9.59 Å². The predicted octanol–water partition coefficient (Wildman–Crippen LogP) is -0.330. The Bertz CT molecular complexity index is 240. The van der Waals surface area contributed by atoms with Crippen LogP contribution >= 0.6 is 24.4 Å². The summed E-state index contributed by atoms with van der Waals surface area (Å²) in [6.07, 6.45) is 2.29. The number of aliphatic carboxylic acids is 2. The Balaban J connectivity index is 4.09. The number of carboxylic acids is 2. The second kappa shape index (κ2) is 8.68. The normalized spacial score (nSPS) is 14.4. The first-order chi connectivity index (χ1) is 7.52. The lowest BCUT2D eigenvalue weighted by Gasteiger charge is -2.18. The van der Waals surface area contributed by atoms with E-state index in [1.807, 2.05) is 6.26 Å². The van der Waals surface area contributed by atoms with E-state index in [9.17, 15) is 9.59 Å². The number of nitrogens with one attached hydrogen (secondary N) is 2. The molecule has 0 bridgehead atoms. The van der Waals surface area contributed by atoms with Gasteiger partial charge in [0, 0.05) is 5.75 Å². The molecule has 6 nitrogen and oxygen atoms in total. The monoisotopic (exact) mass is 268 g/mol. The van der Waals surface area contributed by atoms with Gasteiger partial charge in [-0.15, -0.1) is 0 Å². The number of carbonyl (C=O) groups is 2. The molecule has 0 aliphatic carbocycles. The number of thiol groups is 1. The maximum absolute atomic E-state index is 10.8. The first kappa shape index (κ1) is 15.6. The molecule has 0 aromatic carbocycles. The molecule has 2 atom stereocenters. The van der Waals surface area contributed by atoms with Gasteiger partial charge in [0.1, 0.15) is 12.1 Å². The Morgan fingerprint density at radius 2 is 1.75 bits per heavy atom. The fourth-order valence-corrected chi connectivity index (χ4v) is 1.60. The third-order valence-electron chi connectivity index (χ3n) is 1.82. The van der Waals surface area contributed by atoms with E-state index in [-0.39, 0.29) is 5.75 Å². The highest BCUT2D eigenvalue weighted by atomic mass is 32.2. The van der Waals surface area contributed by atoms with Gasteiger partial charge in [0.2, 0.25) is 0 Å². The molecule has 0 amide bonds. The first-order valence-corrected chi connectivity index (χ1v) is 6.62. The van der Waals surface area contributed by atoms with Gasteiger partial charge in [0.25, 0.3) is 0 Å². The van der Waals surface area contributed by atoms with Crippen molar-refractivity contribution in [2.75, 3.05) is 17.8 Å². The van der Waals surface area contributed by atoms with Crippen molar-refractivity contribution >= 4 is 36.3 Å². The third-order valence-corrected chi connectivity index (χ3v) is 2.83. The van der Waals surface area contributed by atoms with E-state index in [1.165, 1.54) is 11.8 Å². The first-order valence-electron chi connectivity index (χ1n) is 4.59. The van der Waals surface area contributed by atoms with Crippen molar-refractivity contribution in [3.8, 4) is 0 Å². The Kier molecular flexibility index (Phi) is 8.44. The molecule has 0 aromatic rings. The molecule has 94 valence electrons. The molecule has 0 saturated heterocycles. The number of hydrazine groups is 1. The Morgan fingerprint density at radius 3 is 2.12 bits per heavy atom. The molecule has 0 fully saturated rings. The van der Waals surface area contributed by atoms with E-state index in [2.05, 4.69) is 23.5 Å². The second-order valence-corrected chi connectivity index (χ2v) is 4.39. The van der Waals surface area contributed by atoms with Gasteiger partial charge < -0.3 is 10.2 Å². The molecular weight excluding hydrogens is 252 g/mol. The molecule has 0 unspecified atom stereocenters. The van der Waals surface area contributed by atoms with E-state index >= 15 is 0 Å². The van der Waals surface area contributed by atoms with Crippen LogP contribution in [0.5, 0.6) is 0 Å². The van der Waals surface area contributed by atoms with Crippen molar-refractivity contribution in [2.45, 2.75) is 18.5 Å². The molecule has 0 aliphatic heterocycles. The average molecular weight is 268 g/mol. The summed E-state index contributed by atoms with van der Waals surface area (Å²) in [6.45, 7) is 0. The highest BCUT2D eigenvalue weighted by Crippen LogP contribution is 2.00. The highest BCUT2D eigenvalue weighted by molar-refractivity contribution is 7.98. The summed E-state index contributed by atoms with van der Waals surface area (Å²) in [5.74, 6) is -1.32. The maximum atomic E-state index is 10.8. The van der Waals surface area contributed by atoms with Crippen LogP contribution in [0.1, 0.15) is 6.42 Å². The number of hydrogen-bond acceptors (Lipinski definition) is 6. The van der Waals surface area contributed by atoms with Gasteiger partial charge in [-0.2, -0.15) is 24.4 Å². The Labute approximate surface area is 104 Å². The second-order valence-electron chi connectivity index (χ2n) is 3.03. The predicted molar refractivity (Wildman–Crippen MR) is 66.0 cm³/mol. The van der Waals surface area contributed by atoms with E-state index in [0.717, 1.165) is 0 Å². The summed E-state index contributed by atoms with van der Waals surface area (Å²) in [5.41, 5.74) is 4.94. The quantitative estimate of drug-likeness (QED) is 0.288. The van der Waals surface area contributed by atoms with Crippen molar-refractivity contribution < 1.29 is 19.8 Å². The number of carboxylic acid groups (broad SMARTS) is 2. The van der Waals surface area contributed by atoms with Gasteiger partial charge in [0.05, 0.1) is 0 Å². The van der Waals surface area contributed by atoms with E-state index < -0.39 is 24.0 Å². The van der Waals surface area contributed by atoms with Crippen molar-refractivity contribution in [1.82, 2.24) is 10.9 Å². The van der Waals surface area contributed by atoms with Crippen LogP contribution in [-0.2, 0) is 9.59 Å². The van der Waals surface area contributed by atoms with E-state index in [4.69, 9.17) is 10.2 Å². The largest absolute Gasteiger partial charge is 0.480 e. The molecule has 16 heavy (non-hydrogen) atoms. The van der Waals surface area contributed by atoms with Crippen LogP contribution in [0.15, 0.2) is 0 Å². The highest BCUT2D eigenvalue weighted by Gasteiger charge is 2.20. The van der Waals surface area contributed by atoms with Gasteiger partial charge >= 0.3 is 11.9 Å². The zero-order chi connectivity index (χ0) is 12.6. The lowest BCUT2D eigenvalue weighted by molar-refractivity contribution is -0.142. The minimum Gasteiger partial charge on any atom is -0.480 e.